The van der Waals surface area contributed by atoms with E-state index in [-0.39, 0.29) is 11.7 Å². The van der Waals surface area contributed by atoms with Crippen molar-refractivity contribution in [2.75, 3.05) is 6.79 Å². The number of aromatic nitrogens is 2. The fourth-order valence-corrected chi connectivity index (χ4v) is 5.71. The molecule has 10 heteroatoms. The number of rotatable bonds is 8. The van der Waals surface area contributed by atoms with Crippen molar-refractivity contribution in [3.05, 3.63) is 68.7 Å². The molecule has 0 saturated carbocycles. The van der Waals surface area contributed by atoms with Gasteiger partial charge in [-0.1, -0.05) is 48.3 Å². The van der Waals surface area contributed by atoms with Gasteiger partial charge in [-0.05, 0) is 43.2 Å². The summed E-state index contributed by atoms with van der Waals surface area (Å²) in [6, 6.07) is 10.7. The predicted octanol–water partition coefficient (Wildman–Crippen LogP) is 4.61. The van der Waals surface area contributed by atoms with Crippen LogP contribution in [0, 0.1) is 0 Å². The van der Waals surface area contributed by atoms with Crippen LogP contribution in [0.25, 0.3) is 0 Å². The van der Waals surface area contributed by atoms with Crippen LogP contribution in [0.3, 0.4) is 0 Å². The van der Waals surface area contributed by atoms with Gasteiger partial charge in [-0.15, -0.1) is 0 Å². The molecule has 0 amide bonds. The zero-order valence-corrected chi connectivity index (χ0v) is 21.2. The molecule has 2 heterocycles. The van der Waals surface area contributed by atoms with Crippen LogP contribution < -0.4 is 15.0 Å². The van der Waals surface area contributed by atoms with Crippen LogP contribution in [0.2, 0.25) is 0 Å². The fraction of sp³-hybridized carbons (Fsp3) is 0.333. The van der Waals surface area contributed by atoms with Crippen LogP contribution in [0.5, 0.6) is 17.4 Å². The third-order valence-electron chi connectivity index (χ3n) is 5.76. The van der Waals surface area contributed by atoms with E-state index in [0.29, 0.717) is 46.6 Å². The minimum atomic E-state index is -4.33. The molecular formula is C24H25BrN2O6S. The van der Waals surface area contributed by atoms with E-state index >= 15 is 0 Å². The number of benzene rings is 2. The van der Waals surface area contributed by atoms with Crippen LogP contribution >= 0.6 is 15.9 Å². The minimum Gasteiger partial charge on any atom is -0.492 e. The molecule has 180 valence electrons. The largest absolute Gasteiger partial charge is 0.492 e. The molecule has 1 aromatic heterocycles. The van der Waals surface area contributed by atoms with Crippen molar-refractivity contribution in [3.8, 4) is 17.4 Å². The quantitative estimate of drug-likeness (QED) is 0.437. The summed E-state index contributed by atoms with van der Waals surface area (Å²) in [6.45, 7) is 3.96. The smallest absolute Gasteiger partial charge is 0.277 e. The monoisotopic (exact) mass is 548 g/mol. The minimum absolute atomic E-state index is 0.0669. The number of sulfone groups is 1. The summed E-state index contributed by atoms with van der Waals surface area (Å²) in [6.07, 6.45) is 2.42. The Labute approximate surface area is 206 Å². The van der Waals surface area contributed by atoms with E-state index in [0.717, 1.165) is 6.42 Å². The molecule has 34 heavy (non-hydrogen) atoms. The lowest BCUT2D eigenvalue weighted by molar-refractivity contribution is 0.172. The molecule has 0 saturated heterocycles. The van der Waals surface area contributed by atoms with E-state index in [9.17, 15) is 18.3 Å². The fourth-order valence-electron chi connectivity index (χ4n) is 4.11. The summed E-state index contributed by atoms with van der Waals surface area (Å²) in [5.74, 6) is 0.618. The molecule has 1 atom stereocenters. The highest BCUT2D eigenvalue weighted by molar-refractivity contribution is 9.10. The average molecular weight is 549 g/mol. The topological polar surface area (TPSA) is 108 Å². The van der Waals surface area contributed by atoms with E-state index in [4.69, 9.17) is 9.47 Å². The van der Waals surface area contributed by atoms with E-state index in [2.05, 4.69) is 20.9 Å². The maximum absolute atomic E-state index is 13.8. The van der Waals surface area contributed by atoms with Crippen LogP contribution in [0.4, 0.5) is 0 Å². The Balaban J connectivity index is 1.97. The first-order valence-electron chi connectivity index (χ1n) is 11.0. The zero-order chi connectivity index (χ0) is 24.5. The number of hydrogen-bond donors (Lipinski definition) is 1. The number of ether oxygens (including phenoxy) is 2. The molecule has 1 N–H and O–H groups in total. The predicted molar refractivity (Wildman–Crippen MR) is 129 cm³/mol. The molecule has 2 aromatic carbocycles. The number of nitrogens with zero attached hydrogens (tertiary/aromatic N) is 2. The molecular weight excluding hydrogens is 524 g/mol. The first kappa shape index (κ1) is 24.3. The van der Waals surface area contributed by atoms with Gasteiger partial charge in [0.1, 0.15) is 5.82 Å². The van der Waals surface area contributed by atoms with Gasteiger partial charge in [-0.25, -0.2) is 8.42 Å². The van der Waals surface area contributed by atoms with E-state index in [1.54, 1.807) is 24.3 Å². The second-order valence-electron chi connectivity index (χ2n) is 7.92. The second kappa shape index (κ2) is 9.79. The highest BCUT2D eigenvalue weighted by atomic mass is 79.9. The van der Waals surface area contributed by atoms with Gasteiger partial charge in [0.05, 0.1) is 10.9 Å². The van der Waals surface area contributed by atoms with Gasteiger partial charge >= 0.3 is 0 Å². The second-order valence-corrected chi connectivity index (χ2v) is 10.7. The maximum Gasteiger partial charge on any atom is 0.277 e. The molecule has 0 aliphatic carbocycles. The normalized spacial score (nSPS) is 13.7. The van der Waals surface area contributed by atoms with Gasteiger partial charge in [0.25, 0.3) is 5.56 Å². The summed E-state index contributed by atoms with van der Waals surface area (Å²) < 4.78 is 40.1. The molecule has 0 bridgehead atoms. The zero-order valence-electron chi connectivity index (χ0n) is 18.8. The van der Waals surface area contributed by atoms with Gasteiger partial charge in [0.15, 0.2) is 16.4 Å². The first-order chi connectivity index (χ1) is 16.3. The summed E-state index contributed by atoms with van der Waals surface area (Å²) in [5.41, 5.74) is -0.123. The maximum atomic E-state index is 13.8. The van der Waals surface area contributed by atoms with E-state index in [1.165, 1.54) is 16.7 Å². The standard InChI is InChI=1S/C24H25BrN2O6S/c1-3-5-9-20-26-23(28)22(34(30,31)16-12-10-15(25)11-13-16)24(29)27(20)18(4-2)17-7-6-8-19-21(17)33-14-32-19/h6-8,10-13,18,28H,3-5,9,14H2,1-2H3/t18-/m1/s1. The Bertz CT molecular complexity index is 1370. The lowest BCUT2D eigenvalue weighted by Gasteiger charge is -2.24. The molecule has 1 aliphatic heterocycles. The Morgan fingerprint density at radius 1 is 1.15 bits per heavy atom. The van der Waals surface area contributed by atoms with E-state index < -0.39 is 32.2 Å². The SMILES string of the molecule is CCCCc1nc(O)c(S(=O)(=O)c2ccc(Br)cc2)c(=O)n1[C@H](CC)c1cccc2c1OCO2. The van der Waals surface area contributed by atoms with Gasteiger partial charge in [0, 0.05) is 16.5 Å². The number of aryl methyl sites for hydroxylation is 1. The lowest BCUT2D eigenvalue weighted by atomic mass is 10.0. The van der Waals surface area contributed by atoms with Crippen LogP contribution in [-0.4, -0.2) is 29.9 Å². The third kappa shape index (κ3) is 4.32. The summed E-state index contributed by atoms with van der Waals surface area (Å²) in [7, 11) is -4.33. The molecule has 0 radical (unpaired) electrons. The van der Waals surface area contributed by atoms with Crippen molar-refractivity contribution in [2.45, 2.75) is 55.4 Å². The Morgan fingerprint density at radius 3 is 2.56 bits per heavy atom. The van der Waals surface area contributed by atoms with Gasteiger partial charge < -0.3 is 14.6 Å². The van der Waals surface area contributed by atoms with Gasteiger partial charge in [-0.3, -0.25) is 9.36 Å². The van der Waals surface area contributed by atoms with Crippen molar-refractivity contribution in [3.63, 3.8) is 0 Å². The molecule has 8 nitrogen and oxygen atoms in total. The molecule has 1 aliphatic rings. The summed E-state index contributed by atoms with van der Waals surface area (Å²) in [4.78, 5) is 17.2. The number of unbranched alkanes of at least 4 members (excludes halogenated alkanes) is 1. The van der Waals surface area contributed by atoms with Crippen LogP contribution in [-0.2, 0) is 16.3 Å². The molecule has 0 fully saturated rings. The number of halogens is 1. The molecule has 0 spiro atoms. The van der Waals surface area contributed by atoms with Crippen molar-refractivity contribution in [2.24, 2.45) is 0 Å². The van der Waals surface area contributed by atoms with Crippen molar-refractivity contribution < 1.29 is 23.0 Å². The number of hydrogen-bond acceptors (Lipinski definition) is 7. The van der Waals surface area contributed by atoms with Crippen LogP contribution in [0.15, 0.2) is 61.5 Å². The Kier molecular flexibility index (Phi) is 6.99. The third-order valence-corrected chi connectivity index (χ3v) is 8.08. The number of para-hydroxylation sites is 1. The lowest BCUT2D eigenvalue weighted by Crippen LogP contribution is -2.33. The molecule has 0 unspecified atom stereocenters. The number of aromatic hydroxyl groups is 1. The van der Waals surface area contributed by atoms with Crippen molar-refractivity contribution >= 4 is 25.8 Å². The van der Waals surface area contributed by atoms with Crippen molar-refractivity contribution in [1.29, 1.82) is 0 Å². The van der Waals surface area contributed by atoms with Crippen LogP contribution in [0.1, 0.15) is 50.5 Å². The number of fused-ring (bicyclic) bond motifs is 1. The highest BCUT2D eigenvalue weighted by Gasteiger charge is 2.33. The first-order valence-corrected chi connectivity index (χ1v) is 13.3. The van der Waals surface area contributed by atoms with E-state index in [1.807, 2.05) is 19.9 Å². The Hall–Kier alpha value is -2.85. The highest BCUT2D eigenvalue weighted by Crippen LogP contribution is 2.41. The van der Waals surface area contributed by atoms with Gasteiger partial charge in [0.2, 0.25) is 22.5 Å². The summed E-state index contributed by atoms with van der Waals surface area (Å²) >= 11 is 3.28. The summed E-state index contributed by atoms with van der Waals surface area (Å²) in [5, 5.41) is 10.7. The van der Waals surface area contributed by atoms with Crippen molar-refractivity contribution in [1.82, 2.24) is 9.55 Å². The Morgan fingerprint density at radius 2 is 1.88 bits per heavy atom. The molecule has 4 rings (SSSR count). The average Bonchev–Trinajstić information content (AvgIpc) is 3.29. The van der Waals surface area contributed by atoms with Gasteiger partial charge in [-0.2, -0.15) is 4.98 Å². The molecule has 3 aromatic rings.